The Morgan fingerprint density at radius 2 is 1.03 bits per heavy atom. The molecular formula is C73H70BN3O. The van der Waals surface area contributed by atoms with Gasteiger partial charge < -0.3 is 18.7 Å². The number of fused-ring (bicyclic) bond motifs is 16. The Bertz CT molecular complexity index is 4250. The first-order valence-corrected chi connectivity index (χ1v) is 28.3. The minimum absolute atomic E-state index is 0.00664. The quantitative estimate of drug-likeness (QED) is 0.164. The summed E-state index contributed by atoms with van der Waals surface area (Å²) in [5.74, 6) is 0. The molecule has 4 heterocycles. The number of hydrogen-bond donors (Lipinski definition) is 0. The van der Waals surface area contributed by atoms with Crippen molar-refractivity contribution in [3.63, 3.8) is 0 Å². The molecule has 0 atom stereocenters. The van der Waals surface area contributed by atoms with Gasteiger partial charge in [0, 0.05) is 72.2 Å². The van der Waals surface area contributed by atoms with Crippen molar-refractivity contribution in [3.8, 4) is 27.9 Å². The van der Waals surface area contributed by atoms with Gasteiger partial charge in [-0.2, -0.15) is 0 Å². The maximum atomic E-state index is 7.43. The zero-order chi connectivity index (χ0) is 54.3. The maximum Gasteiger partial charge on any atom is 0.333 e. The van der Waals surface area contributed by atoms with Crippen LogP contribution in [0.5, 0.6) is 0 Å². The van der Waals surface area contributed by atoms with E-state index in [2.05, 4.69) is 281 Å². The molecule has 0 amide bonds. The second kappa shape index (κ2) is 16.2. The lowest BCUT2D eigenvalue weighted by molar-refractivity contribution is 0.590. The van der Waals surface area contributed by atoms with Crippen LogP contribution in [-0.4, -0.2) is 11.4 Å². The van der Waals surface area contributed by atoms with Crippen LogP contribution in [0.25, 0.3) is 71.7 Å². The highest BCUT2D eigenvalue weighted by Crippen LogP contribution is 2.57. The summed E-state index contributed by atoms with van der Waals surface area (Å²) in [5, 5.41) is 4.83. The SMILES string of the molecule is CC(C)(C)c1ccc(N2B3c4ccc(N(c5ccc(C(C)(C)C)cc5)c5ccc(C(C)(C)C)cc5)cc4-n4c5ccc(C(C)(C)C)cc5c5c6c(oc7ccccc76)c(c3c54)-c3cc4c(cc32)C(C)(C)c2ccccc2-4)cc1. The lowest BCUT2D eigenvalue weighted by Gasteiger charge is -2.43. The number of nitrogens with zero attached hydrogens (tertiary/aromatic N) is 3. The Kier molecular flexibility index (Phi) is 10.1. The monoisotopic (exact) mass is 1020 g/mol. The van der Waals surface area contributed by atoms with Crippen LogP contribution in [0.15, 0.2) is 174 Å². The van der Waals surface area contributed by atoms with E-state index in [0.29, 0.717) is 0 Å². The van der Waals surface area contributed by atoms with E-state index in [1.807, 2.05) is 0 Å². The lowest BCUT2D eigenvalue weighted by atomic mass is 9.43. The van der Waals surface area contributed by atoms with Crippen molar-refractivity contribution in [2.75, 3.05) is 9.71 Å². The van der Waals surface area contributed by atoms with Crippen LogP contribution in [0.1, 0.15) is 130 Å². The molecule has 3 aliphatic rings. The van der Waals surface area contributed by atoms with Crippen LogP contribution in [0.2, 0.25) is 0 Å². The van der Waals surface area contributed by atoms with Crippen molar-refractivity contribution in [2.45, 2.75) is 124 Å². The van der Waals surface area contributed by atoms with Gasteiger partial charge in [0.15, 0.2) is 0 Å². The Hall–Kier alpha value is -7.76. The van der Waals surface area contributed by atoms with E-state index in [0.717, 1.165) is 33.6 Å². The highest BCUT2D eigenvalue weighted by atomic mass is 16.3. The van der Waals surface area contributed by atoms with Crippen LogP contribution in [0, 0.1) is 0 Å². The van der Waals surface area contributed by atoms with Crippen LogP contribution in [-0.2, 0) is 27.1 Å². The average molecular weight is 1020 g/mol. The third-order valence-electron chi connectivity index (χ3n) is 18.0. The van der Waals surface area contributed by atoms with Gasteiger partial charge in [-0.15, -0.1) is 0 Å². The van der Waals surface area contributed by atoms with Gasteiger partial charge in [0.25, 0.3) is 0 Å². The average Bonchev–Trinajstić information content (AvgIpc) is 2.67. The van der Waals surface area contributed by atoms with E-state index in [1.165, 1.54) is 111 Å². The van der Waals surface area contributed by atoms with Crippen molar-refractivity contribution < 1.29 is 4.42 Å². The first-order chi connectivity index (χ1) is 37.0. The van der Waals surface area contributed by atoms with Crippen molar-refractivity contribution in [3.05, 3.63) is 203 Å². The molecule has 0 N–H and O–H groups in total. The Morgan fingerprint density at radius 1 is 0.462 bits per heavy atom. The molecule has 9 aromatic carbocycles. The van der Waals surface area contributed by atoms with E-state index >= 15 is 0 Å². The third kappa shape index (κ3) is 6.98. The first kappa shape index (κ1) is 48.6. The fraction of sp³-hybridized carbons (Fsp3) is 0.260. The summed E-state index contributed by atoms with van der Waals surface area (Å²) >= 11 is 0. The Balaban J connectivity index is 1.14. The molecular weight excluding hydrogens is 946 g/mol. The van der Waals surface area contributed by atoms with E-state index in [1.54, 1.807) is 0 Å². The molecule has 0 unspecified atom stereocenters. The molecule has 0 saturated carbocycles. The van der Waals surface area contributed by atoms with E-state index < -0.39 is 0 Å². The summed E-state index contributed by atoms with van der Waals surface area (Å²) in [7, 11) is 0. The molecule has 1 aliphatic carbocycles. The van der Waals surface area contributed by atoms with Crippen molar-refractivity contribution in [1.29, 1.82) is 0 Å². The smallest absolute Gasteiger partial charge is 0.333 e. The first-order valence-electron chi connectivity index (χ1n) is 28.3. The maximum absolute atomic E-state index is 7.43. The number of furan rings is 1. The largest absolute Gasteiger partial charge is 0.455 e. The summed E-state index contributed by atoms with van der Waals surface area (Å²) in [4.78, 5) is 5.17. The summed E-state index contributed by atoms with van der Waals surface area (Å²) < 4.78 is 10.1. The van der Waals surface area contributed by atoms with Crippen LogP contribution in [0.3, 0.4) is 0 Å². The molecule has 2 aromatic heterocycles. The molecule has 0 saturated heterocycles. The second-order valence-electron chi connectivity index (χ2n) is 27.5. The minimum Gasteiger partial charge on any atom is -0.455 e. The Labute approximate surface area is 461 Å². The molecule has 386 valence electrons. The molecule has 0 radical (unpaired) electrons. The number of aromatic nitrogens is 1. The molecule has 0 bridgehead atoms. The fourth-order valence-electron chi connectivity index (χ4n) is 13.6. The van der Waals surface area contributed by atoms with E-state index in [4.69, 9.17) is 4.42 Å². The fourth-order valence-corrected chi connectivity index (χ4v) is 13.6. The van der Waals surface area contributed by atoms with Crippen LogP contribution < -0.4 is 20.6 Å². The van der Waals surface area contributed by atoms with Gasteiger partial charge in [0.1, 0.15) is 11.2 Å². The number of para-hydroxylation sites is 1. The zero-order valence-electron chi connectivity index (χ0n) is 48.0. The number of benzene rings is 9. The van der Waals surface area contributed by atoms with E-state index in [9.17, 15) is 0 Å². The van der Waals surface area contributed by atoms with E-state index in [-0.39, 0.29) is 33.9 Å². The van der Waals surface area contributed by atoms with Gasteiger partial charge in [0.05, 0.1) is 11.0 Å². The Morgan fingerprint density at radius 3 is 1.65 bits per heavy atom. The van der Waals surface area contributed by atoms with Gasteiger partial charge in [-0.05, 0) is 156 Å². The van der Waals surface area contributed by atoms with Crippen LogP contribution in [0.4, 0.5) is 28.4 Å². The van der Waals surface area contributed by atoms with Crippen molar-refractivity contribution in [1.82, 2.24) is 4.57 Å². The topological polar surface area (TPSA) is 24.6 Å². The highest BCUT2D eigenvalue weighted by Gasteiger charge is 2.48. The van der Waals surface area contributed by atoms with Gasteiger partial charge in [-0.1, -0.05) is 188 Å². The number of anilines is 5. The summed E-state index contributed by atoms with van der Waals surface area (Å²) in [6, 6.07) is 65.6. The third-order valence-corrected chi connectivity index (χ3v) is 18.0. The molecule has 14 rings (SSSR count). The highest BCUT2D eigenvalue weighted by molar-refractivity contribution is 6.94. The minimum atomic E-state index is -0.216. The normalized spacial score (nSPS) is 14.6. The summed E-state index contributed by atoms with van der Waals surface area (Å²) in [6.45, 7) is 32.3. The number of rotatable bonds is 4. The molecule has 4 nitrogen and oxygen atoms in total. The van der Waals surface area contributed by atoms with Gasteiger partial charge >= 0.3 is 6.85 Å². The van der Waals surface area contributed by atoms with Gasteiger partial charge in [-0.3, -0.25) is 0 Å². The number of hydrogen-bond acceptors (Lipinski definition) is 3. The standard InChI is InChI=1S/C73H70BN3O/c1-69(2,3)43-23-30-47(31-24-43)75(48-32-25-44(26-33-48)70(4,5)6)50-36-37-58-61(40-50)76-59-38-29-46(72(10,11)12)39-54(59)63-64-52-20-16-18-22-62(52)78-68(64)65-55-41-53-51-19-15-17-21-56(51)73(13,14)57(53)42-60(55)77(74(58)66(65)67(63)76)49-34-27-45(28-35-49)71(7,8)9/h15-42H,1-14H3. The molecule has 78 heavy (non-hydrogen) atoms. The summed E-state index contributed by atoms with van der Waals surface area (Å²) in [6.07, 6.45) is 0. The molecule has 0 fully saturated rings. The molecule has 11 aromatic rings. The van der Waals surface area contributed by atoms with Crippen molar-refractivity contribution >= 4 is 90.0 Å². The molecule has 5 heteroatoms. The van der Waals surface area contributed by atoms with Crippen LogP contribution >= 0.6 is 0 Å². The molecule has 0 spiro atoms. The second-order valence-corrected chi connectivity index (χ2v) is 27.5. The predicted octanol–water partition coefficient (Wildman–Crippen LogP) is 18.9. The summed E-state index contributed by atoms with van der Waals surface area (Å²) in [5.41, 5.74) is 26.5. The molecule has 2 aliphatic heterocycles. The van der Waals surface area contributed by atoms with Gasteiger partial charge in [0.2, 0.25) is 0 Å². The predicted molar refractivity (Wildman–Crippen MR) is 334 cm³/mol. The zero-order valence-corrected chi connectivity index (χ0v) is 48.0. The van der Waals surface area contributed by atoms with Gasteiger partial charge in [-0.25, -0.2) is 0 Å². The lowest BCUT2D eigenvalue weighted by Crippen LogP contribution is -2.60. The van der Waals surface area contributed by atoms with Crippen molar-refractivity contribution in [2.24, 2.45) is 0 Å².